The minimum absolute atomic E-state index is 0.333. The molecule has 156 valence electrons. The van der Waals surface area contributed by atoms with Crippen molar-refractivity contribution in [3.63, 3.8) is 0 Å². The van der Waals surface area contributed by atoms with E-state index in [0.717, 1.165) is 11.1 Å². The zero-order valence-corrected chi connectivity index (χ0v) is 17.7. The second kappa shape index (κ2) is 9.50. The molecule has 0 unspecified atom stereocenters. The van der Waals surface area contributed by atoms with Crippen LogP contribution in [0.2, 0.25) is 5.02 Å². The first-order chi connectivity index (χ1) is 14.5. The minimum Gasteiger partial charge on any atom is -0.497 e. The number of methoxy groups -OCH3 is 3. The van der Waals surface area contributed by atoms with Crippen LogP contribution < -0.4 is 4.74 Å². The van der Waals surface area contributed by atoms with Gasteiger partial charge in [-0.1, -0.05) is 35.9 Å². The quantitative estimate of drug-likeness (QED) is 0.648. The van der Waals surface area contributed by atoms with Gasteiger partial charge in [-0.05, 0) is 35.4 Å². The highest BCUT2D eigenvalue weighted by atomic mass is 35.5. The molecule has 0 aromatic heterocycles. The van der Waals surface area contributed by atoms with E-state index in [1.165, 1.54) is 14.2 Å². The molecule has 3 rings (SSSR count). The lowest BCUT2D eigenvalue weighted by Crippen LogP contribution is -2.28. The molecule has 0 aliphatic carbocycles. The van der Waals surface area contributed by atoms with E-state index in [9.17, 15) is 9.59 Å². The van der Waals surface area contributed by atoms with Crippen molar-refractivity contribution in [1.29, 1.82) is 0 Å². The van der Waals surface area contributed by atoms with Crippen LogP contribution in [0.15, 0.2) is 72.1 Å². The Balaban J connectivity index is 2.04. The first kappa shape index (κ1) is 21.5. The molecule has 0 amide bonds. The molecule has 1 heterocycles. The molecular formula is C23H22ClNO5. The van der Waals surface area contributed by atoms with E-state index in [0.29, 0.717) is 28.5 Å². The lowest BCUT2D eigenvalue weighted by atomic mass is 9.83. The van der Waals surface area contributed by atoms with Gasteiger partial charge in [0.05, 0.1) is 38.4 Å². The second-order valence-electron chi connectivity index (χ2n) is 6.66. The summed E-state index contributed by atoms with van der Waals surface area (Å²) in [6.45, 7) is 0.438. The van der Waals surface area contributed by atoms with Crippen LogP contribution in [-0.4, -0.2) is 38.2 Å². The molecule has 0 radical (unpaired) electrons. The van der Waals surface area contributed by atoms with Crippen molar-refractivity contribution in [2.75, 3.05) is 21.3 Å². The van der Waals surface area contributed by atoms with E-state index < -0.39 is 17.9 Å². The molecule has 0 saturated heterocycles. The van der Waals surface area contributed by atoms with Gasteiger partial charge in [0.1, 0.15) is 5.75 Å². The van der Waals surface area contributed by atoms with Gasteiger partial charge in [-0.2, -0.15) is 0 Å². The number of rotatable bonds is 6. The van der Waals surface area contributed by atoms with Crippen molar-refractivity contribution in [2.24, 2.45) is 0 Å². The van der Waals surface area contributed by atoms with Crippen LogP contribution in [0.5, 0.6) is 5.75 Å². The summed E-state index contributed by atoms with van der Waals surface area (Å²) in [6, 6.07) is 14.5. The number of hydrogen-bond donors (Lipinski definition) is 0. The molecule has 0 atom stereocenters. The Labute approximate surface area is 180 Å². The second-order valence-corrected chi connectivity index (χ2v) is 7.09. The summed E-state index contributed by atoms with van der Waals surface area (Å²) in [5.41, 5.74) is 2.37. The number of hydrogen-bond acceptors (Lipinski definition) is 6. The van der Waals surface area contributed by atoms with Crippen molar-refractivity contribution < 1.29 is 23.8 Å². The number of halogens is 1. The fourth-order valence-corrected chi connectivity index (χ4v) is 3.46. The number of ether oxygens (including phenoxy) is 3. The average molecular weight is 428 g/mol. The standard InChI is InChI=1S/C23H22ClNO5/c1-28-18-10-6-16(7-11-18)21-19(22(26)29-2)13-25(14-20(21)23(27)30-3)12-15-4-8-17(24)9-5-15/h4-11,13-14,21H,12H2,1-3H3. The van der Waals surface area contributed by atoms with Crippen molar-refractivity contribution in [3.05, 3.63) is 88.2 Å². The van der Waals surface area contributed by atoms with E-state index in [2.05, 4.69) is 0 Å². The molecule has 7 heteroatoms. The smallest absolute Gasteiger partial charge is 0.336 e. The Kier molecular flexibility index (Phi) is 6.79. The van der Waals surface area contributed by atoms with Gasteiger partial charge < -0.3 is 19.1 Å². The van der Waals surface area contributed by atoms with Gasteiger partial charge in [0, 0.05) is 24.0 Å². The molecule has 0 N–H and O–H groups in total. The highest BCUT2D eigenvalue weighted by Gasteiger charge is 2.35. The fourth-order valence-electron chi connectivity index (χ4n) is 3.34. The predicted molar refractivity (Wildman–Crippen MR) is 113 cm³/mol. The van der Waals surface area contributed by atoms with E-state index >= 15 is 0 Å². The Hall–Kier alpha value is -3.25. The van der Waals surface area contributed by atoms with Crippen molar-refractivity contribution in [3.8, 4) is 5.75 Å². The van der Waals surface area contributed by atoms with Crippen LogP contribution in [0.1, 0.15) is 17.0 Å². The van der Waals surface area contributed by atoms with Gasteiger partial charge in [0.15, 0.2) is 0 Å². The van der Waals surface area contributed by atoms with Crippen molar-refractivity contribution in [1.82, 2.24) is 4.90 Å². The Morgan fingerprint density at radius 3 is 1.87 bits per heavy atom. The van der Waals surface area contributed by atoms with E-state index in [1.54, 1.807) is 48.7 Å². The molecule has 30 heavy (non-hydrogen) atoms. The van der Waals surface area contributed by atoms with Gasteiger partial charge in [0.25, 0.3) is 0 Å². The third-order valence-electron chi connectivity index (χ3n) is 4.80. The summed E-state index contributed by atoms with van der Waals surface area (Å²) in [5.74, 6) is -0.999. The normalized spacial score (nSPS) is 13.9. The van der Waals surface area contributed by atoms with Gasteiger partial charge in [0.2, 0.25) is 0 Å². The van der Waals surface area contributed by atoms with Crippen molar-refractivity contribution in [2.45, 2.75) is 12.5 Å². The fraction of sp³-hybridized carbons (Fsp3) is 0.217. The number of nitrogens with zero attached hydrogens (tertiary/aromatic N) is 1. The highest BCUT2D eigenvalue weighted by Crippen LogP contribution is 2.38. The van der Waals surface area contributed by atoms with Crippen LogP contribution in [-0.2, 0) is 25.6 Å². The lowest BCUT2D eigenvalue weighted by Gasteiger charge is -2.30. The molecule has 2 aromatic carbocycles. The number of benzene rings is 2. The van der Waals surface area contributed by atoms with Crippen LogP contribution in [0.3, 0.4) is 0 Å². The molecule has 1 aliphatic heterocycles. The third-order valence-corrected chi connectivity index (χ3v) is 5.05. The largest absolute Gasteiger partial charge is 0.497 e. The molecule has 2 aromatic rings. The molecule has 0 fully saturated rings. The summed E-state index contributed by atoms with van der Waals surface area (Å²) in [6.07, 6.45) is 3.39. The topological polar surface area (TPSA) is 65.1 Å². The molecule has 0 saturated carbocycles. The summed E-state index contributed by atoms with van der Waals surface area (Å²) in [4.78, 5) is 27.0. The van der Waals surface area contributed by atoms with Crippen molar-refractivity contribution >= 4 is 23.5 Å². The van der Waals surface area contributed by atoms with E-state index in [1.807, 2.05) is 24.3 Å². The van der Waals surface area contributed by atoms with Gasteiger partial charge in [-0.25, -0.2) is 9.59 Å². The van der Waals surface area contributed by atoms with Crippen LogP contribution in [0.25, 0.3) is 0 Å². The maximum Gasteiger partial charge on any atom is 0.336 e. The monoisotopic (exact) mass is 427 g/mol. The van der Waals surface area contributed by atoms with Crippen LogP contribution in [0, 0.1) is 0 Å². The number of esters is 2. The summed E-state index contributed by atoms with van der Waals surface area (Å²) in [5, 5.41) is 0.633. The lowest BCUT2D eigenvalue weighted by molar-refractivity contribution is -0.137. The molecule has 0 bridgehead atoms. The number of carbonyl (C=O) groups excluding carboxylic acids is 2. The SMILES string of the molecule is COC(=O)C1=CN(Cc2ccc(Cl)cc2)C=C(C(=O)OC)C1c1ccc(OC)cc1. The van der Waals surface area contributed by atoms with E-state index in [-0.39, 0.29) is 0 Å². The molecule has 6 nitrogen and oxygen atoms in total. The van der Waals surface area contributed by atoms with Gasteiger partial charge in [-0.3, -0.25) is 0 Å². The minimum atomic E-state index is -0.628. The number of carbonyl (C=O) groups is 2. The zero-order chi connectivity index (χ0) is 21.7. The Morgan fingerprint density at radius 2 is 1.40 bits per heavy atom. The first-order valence-electron chi connectivity index (χ1n) is 9.21. The van der Waals surface area contributed by atoms with Crippen LogP contribution in [0.4, 0.5) is 0 Å². The molecule has 1 aliphatic rings. The maximum atomic E-state index is 12.6. The molecular weight excluding hydrogens is 406 g/mol. The zero-order valence-electron chi connectivity index (χ0n) is 16.9. The average Bonchev–Trinajstić information content (AvgIpc) is 2.79. The predicted octanol–water partition coefficient (Wildman–Crippen LogP) is 4.06. The van der Waals surface area contributed by atoms with Gasteiger partial charge in [-0.15, -0.1) is 0 Å². The Morgan fingerprint density at radius 1 is 0.867 bits per heavy atom. The van der Waals surface area contributed by atoms with E-state index in [4.69, 9.17) is 25.8 Å². The molecule has 0 spiro atoms. The Bertz CT molecular complexity index is 946. The first-order valence-corrected chi connectivity index (χ1v) is 9.58. The van der Waals surface area contributed by atoms with Crippen LogP contribution >= 0.6 is 11.6 Å². The summed E-state index contributed by atoms with van der Waals surface area (Å²) < 4.78 is 15.2. The summed E-state index contributed by atoms with van der Waals surface area (Å²) >= 11 is 5.96. The highest BCUT2D eigenvalue weighted by molar-refractivity contribution is 6.30. The van der Waals surface area contributed by atoms with Gasteiger partial charge >= 0.3 is 11.9 Å². The third kappa shape index (κ3) is 4.66. The summed E-state index contributed by atoms with van der Waals surface area (Å²) in [7, 11) is 4.20. The maximum absolute atomic E-state index is 12.6.